The van der Waals surface area contributed by atoms with Crippen molar-refractivity contribution in [3.8, 4) is 11.3 Å². The number of rotatable bonds is 4. The molecule has 3 aromatic rings. The number of halogens is 3. The Morgan fingerprint density at radius 3 is 2.48 bits per heavy atom. The van der Waals surface area contributed by atoms with E-state index in [0.29, 0.717) is 5.69 Å². The van der Waals surface area contributed by atoms with E-state index in [1.807, 2.05) is 37.3 Å². The fraction of sp³-hybridized carbons (Fsp3) is 0.200. The second-order valence-corrected chi connectivity index (χ2v) is 6.16. The molecule has 0 bridgehead atoms. The Kier molecular flexibility index (Phi) is 5.03. The van der Waals surface area contributed by atoms with E-state index in [0.717, 1.165) is 17.7 Å². The predicted octanol–water partition coefficient (Wildman–Crippen LogP) is 5.16. The van der Waals surface area contributed by atoms with Crippen molar-refractivity contribution in [3.05, 3.63) is 77.0 Å². The summed E-state index contributed by atoms with van der Waals surface area (Å²) in [6.07, 6.45) is -4.49. The molecule has 0 aliphatic rings. The molecule has 7 heteroatoms. The molecule has 0 spiro atoms. The Morgan fingerprint density at radius 2 is 1.81 bits per heavy atom. The van der Waals surface area contributed by atoms with Gasteiger partial charge < -0.3 is 9.84 Å². The number of nitrogens with one attached hydrogen (secondary N) is 1. The summed E-state index contributed by atoms with van der Waals surface area (Å²) in [6, 6.07) is 13.7. The van der Waals surface area contributed by atoms with Crippen LogP contribution in [0, 0.1) is 6.92 Å². The largest absolute Gasteiger partial charge is 0.416 e. The SMILES string of the molecule is Cc1noc(-c2cccc(C(F)(F)F)c2)c1C(=O)N[C@H](C)c1ccccc1. The quantitative estimate of drug-likeness (QED) is 0.686. The minimum absolute atomic E-state index is 0.0105. The van der Waals surface area contributed by atoms with Gasteiger partial charge in [0.25, 0.3) is 5.91 Å². The number of aromatic nitrogens is 1. The average Bonchev–Trinajstić information content (AvgIpc) is 3.03. The fourth-order valence-electron chi connectivity index (χ4n) is 2.76. The van der Waals surface area contributed by atoms with E-state index in [-0.39, 0.29) is 22.9 Å². The number of alkyl halides is 3. The zero-order valence-corrected chi connectivity index (χ0v) is 14.7. The van der Waals surface area contributed by atoms with Crippen molar-refractivity contribution in [1.82, 2.24) is 10.5 Å². The zero-order chi connectivity index (χ0) is 19.6. The van der Waals surface area contributed by atoms with E-state index in [2.05, 4.69) is 10.5 Å². The van der Waals surface area contributed by atoms with E-state index in [1.165, 1.54) is 12.1 Å². The first-order valence-corrected chi connectivity index (χ1v) is 8.27. The second-order valence-electron chi connectivity index (χ2n) is 6.16. The molecule has 4 nitrogen and oxygen atoms in total. The standard InChI is InChI=1S/C20H17F3N2O2/c1-12(14-7-4-3-5-8-14)24-19(26)17-13(2)25-27-18(17)15-9-6-10-16(11-15)20(21,22)23/h3-12H,1-2H3,(H,24,26)/t12-/m1/s1. The van der Waals surface area contributed by atoms with Crippen LogP contribution >= 0.6 is 0 Å². The van der Waals surface area contributed by atoms with Gasteiger partial charge in [0.1, 0.15) is 5.56 Å². The number of hydrogen-bond acceptors (Lipinski definition) is 3. The Bertz CT molecular complexity index is 949. The maximum atomic E-state index is 13.0. The Balaban J connectivity index is 1.92. The predicted molar refractivity (Wildman–Crippen MR) is 94.0 cm³/mol. The lowest BCUT2D eigenvalue weighted by atomic mass is 10.0. The molecule has 1 atom stereocenters. The van der Waals surface area contributed by atoms with Crippen LogP contribution in [-0.2, 0) is 6.18 Å². The van der Waals surface area contributed by atoms with Crippen LogP contribution in [0.3, 0.4) is 0 Å². The van der Waals surface area contributed by atoms with Gasteiger partial charge in [0.15, 0.2) is 5.76 Å². The molecule has 1 aromatic heterocycles. The molecule has 1 amide bonds. The highest BCUT2D eigenvalue weighted by atomic mass is 19.4. The van der Waals surface area contributed by atoms with Crippen LogP contribution in [0.1, 0.15) is 40.1 Å². The summed E-state index contributed by atoms with van der Waals surface area (Å²) >= 11 is 0. The van der Waals surface area contributed by atoms with Gasteiger partial charge in [0, 0.05) is 5.56 Å². The zero-order valence-electron chi connectivity index (χ0n) is 14.7. The molecule has 3 rings (SSSR count). The van der Waals surface area contributed by atoms with Crippen LogP contribution in [0.4, 0.5) is 13.2 Å². The number of aryl methyl sites for hydroxylation is 1. The van der Waals surface area contributed by atoms with Crippen molar-refractivity contribution in [2.75, 3.05) is 0 Å². The first-order chi connectivity index (χ1) is 12.8. The summed E-state index contributed by atoms with van der Waals surface area (Å²) in [4.78, 5) is 12.8. The van der Waals surface area contributed by atoms with Gasteiger partial charge in [-0.15, -0.1) is 0 Å². The van der Waals surface area contributed by atoms with Gasteiger partial charge in [0.05, 0.1) is 17.3 Å². The second kappa shape index (κ2) is 7.26. The summed E-state index contributed by atoms with van der Waals surface area (Å²) in [6.45, 7) is 3.39. The van der Waals surface area contributed by atoms with Gasteiger partial charge in [0.2, 0.25) is 0 Å². The molecule has 0 aliphatic heterocycles. The molecular weight excluding hydrogens is 357 g/mol. The summed E-state index contributed by atoms with van der Waals surface area (Å²) in [5, 5.41) is 6.60. The van der Waals surface area contributed by atoms with Gasteiger partial charge in [-0.25, -0.2) is 0 Å². The molecule has 0 fully saturated rings. The van der Waals surface area contributed by atoms with Crippen molar-refractivity contribution in [2.45, 2.75) is 26.1 Å². The lowest BCUT2D eigenvalue weighted by Crippen LogP contribution is -2.27. The van der Waals surface area contributed by atoms with Crippen molar-refractivity contribution in [2.24, 2.45) is 0 Å². The van der Waals surface area contributed by atoms with Crippen LogP contribution in [-0.4, -0.2) is 11.1 Å². The molecule has 0 saturated carbocycles. The molecule has 0 saturated heterocycles. The van der Waals surface area contributed by atoms with Gasteiger partial charge in [-0.2, -0.15) is 13.2 Å². The third kappa shape index (κ3) is 4.02. The number of carbonyl (C=O) groups excluding carboxylic acids is 1. The highest BCUT2D eigenvalue weighted by Crippen LogP contribution is 2.34. The smallest absolute Gasteiger partial charge is 0.355 e. The number of nitrogens with zero attached hydrogens (tertiary/aromatic N) is 1. The molecule has 2 aromatic carbocycles. The van der Waals surface area contributed by atoms with Gasteiger partial charge in [-0.1, -0.05) is 47.6 Å². The van der Waals surface area contributed by atoms with E-state index in [4.69, 9.17) is 4.52 Å². The van der Waals surface area contributed by atoms with Crippen molar-refractivity contribution in [1.29, 1.82) is 0 Å². The third-order valence-corrected chi connectivity index (χ3v) is 4.19. The van der Waals surface area contributed by atoms with Crippen molar-refractivity contribution < 1.29 is 22.5 Å². The third-order valence-electron chi connectivity index (χ3n) is 4.19. The number of carbonyl (C=O) groups is 1. The van der Waals surface area contributed by atoms with Crippen LogP contribution in [0.2, 0.25) is 0 Å². The lowest BCUT2D eigenvalue weighted by molar-refractivity contribution is -0.137. The minimum Gasteiger partial charge on any atom is -0.355 e. The molecule has 1 N–H and O–H groups in total. The molecule has 140 valence electrons. The minimum atomic E-state index is -4.49. The average molecular weight is 374 g/mol. The highest BCUT2D eigenvalue weighted by Gasteiger charge is 2.31. The first kappa shape index (κ1) is 18.7. The monoisotopic (exact) mass is 374 g/mol. The Hall–Kier alpha value is -3.09. The number of benzene rings is 2. The molecular formula is C20H17F3N2O2. The van der Waals surface area contributed by atoms with Gasteiger partial charge in [-0.3, -0.25) is 4.79 Å². The maximum absolute atomic E-state index is 13.0. The molecule has 0 aliphatic carbocycles. The maximum Gasteiger partial charge on any atom is 0.416 e. The van der Waals surface area contributed by atoms with Crippen LogP contribution in [0.5, 0.6) is 0 Å². The van der Waals surface area contributed by atoms with Crippen molar-refractivity contribution in [3.63, 3.8) is 0 Å². The van der Waals surface area contributed by atoms with E-state index < -0.39 is 17.6 Å². The Morgan fingerprint density at radius 1 is 1.11 bits per heavy atom. The number of amides is 1. The van der Waals surface area contributed by atoms with Gasteiger partial charge >= 0.3 is 6.18 Å². The summed E-state index contributed by atoms with van der Waals surface area (Å²) in [5.41, 5.74) is 0.652. The molecule has 1 heterocycles. The topological polar surface area (TPSA) is 55.1 Å². The van der Waals surface area contributed by atoms with Crippen LogP contribution in [0.25, 0.3) is 11.3 Å². The Labute approximate surface area is 154 Å². The summed E-state index contributed by atoms with van der Waals surface area (Å²) in [5.74, 6) is -0.450. The van der Waals surface area contributed by atoms with Crippen molar-refractivity contribution >= 4 is 5.91 Å². The van der Waals surface area contributed by atoms with Crippen LogP contribution < -0.4 is 5.32 Å². The van der Waals surface area contributed by atoms with E-state index >= 15 is 0 Å². The van der Waals surface area contributed by atoms with Crippen LogP contribution in [0.15, 0.2) is 59.1 Å². The molecule has 0 radical (unpaired) electrons. The number of hydrogen-bond donors (Lipinski definition) is 1. The molecule has 27 heavy (non-hydrogen) atoms. The summed E-state index contributed by atoms with van der Waals surface area (Å²) in [7, 11) is 0. The summed E-state index contributed by atoms with van der Waals surface area (Å²) < 4.78 is 44.1. The molecule has 0 unspecified atom stereocenters. The van der Waals surface area contributed by atoms with E-state index in [9.17, 15) is 18.0 Å². The first-order valence-electron chi connectivity index (χ1n) is 8.27. The van der Waals surface area contributed by atoms with E-state index in [1.54, 1.807) is 6.92 Å². The highest BCUT2D eigenvalue weighted by molar-refractivity contribution is 6.00. The fourth-order valence-corrected chi connectivity index (χ4v) is 2.76. The lowest BCUT2D eigenvalue weighted by Gasteiger charge is -2.14. The normalized spacial score (nSPS) is 12.6. The van der Waals surface area contributed by atoms with Gasteiger partial charge in [-0.05, 0) is 31.5 Å².